The molecule has 2 saturated carbocycles. The van der Waals surface area contributed by atoms with Crippen LogP contribution in [0.3, 0.4) is 0 Å². The van der Waals surface area contributed by atoms with E-state index in [0.29, 0.717) is 50.6 Å². The van der Waals surface area contributed by atoms with Gasteiger partial charge in [-0.2, -0.15) is 0 Å². The molecule has 0 aromatic heterocycles. The van der Waals surface area contributed by atoms with E-state index in [0.717, 1.165) is 140 Å². The number of rotatable bonds is 16. The van der Waals surface area contributed by atoms with E-state index in [1.807, 2.05) is 0 Å². The average Bonchev–Trinajstić information content (AvgIpc) is 1.54. The van der Waals surface area contributed by atoms with Gasteiger partial charge in [-0.1, -0.05) is 62.8 Å². The van der Waals surface area contributed by atoms with E-state index in [1.54, 1.807) is 65.2 Å². The first-order chi connectivity index (χ1) is 42.8. The van der Waals surface area contributed by atoms with Crippen LogP contribution in [0.1, 0.15) is 205 Å². The van der Waals surface area contributed by atoms with E-state index < -0.39 is 71.5 Å². The average molecular weight is 1250 g/mol. The summed E-state index contributed by atoms with van der Waals surface area (Å²) in [5.41, 5.74) is 5.89. The predicted molar refractivity (Wildman–Crippen MR) is 345 cm³/mol. The number of ether oxygens (including phenoxy) is 2. The molecular formula is C70H104N10O10. The third-order valence-corrected chi connectivity index (χ3v) is 21.1. The van der Waals surface area contributed by atoms with Crippen LogP contribution in [0.25, 0.3) is 0 Å². The number of carbonyl (C=O) groups is 8. The van der Waals surface area contributed by atoms with Gasteiger partial charge >= 0.3 is 12.2 Å². The fraction of sp³-hybridized carbons (Fsp3) is 0.714. The minimum atomic E-state index is -0.881. The van der Waals surface area contributed by atoms with Gasteiger partial charge in [0, 0.05) is 76.6 Å². The van der Waals surface area contributed by atoms with Gasteiger partial charge in [-0.3, -0.25) is 38.6 Å². The minimum absolute atomic E-state index is 0.0702. The van der Waals surface area contributed by atoms with Crippen molar-refractivity contribution in [3.63, 3.8) is 0 Å². The van der Waals surface area contributed by atoms with Crippen molar-refractivity contribution in [1.29, 1.82) is 0 Å². The highest BCUT2D eigenvalue weighted by Crippen LogP contribution is 2.44. The molecule has 4 aliphatic carbocycles. The molecule has 0 bridgehead atoms. The number of hydrogen-bond acceptors (Lipinski definition) is 12. The Bertz CT molecular complexity index is 2760. The van der Waals surface area contributed by atoms with Gasteiger partial charge < -0.3 is 50.3 Å². The summed E-state index contributed by atoms with van der Waals surface area (Å²) >= 11 is 0. The number of nitrogens with one attached hydrogen (secondary N) is 4. The van der Waals surface area contributed by atoms with E-state index in [4.69, 9.17) is 9.47 Å². The summed E-state index contributed by atoms with van der Waals surface area (Å²) in [4.78, 5) is 123. The van der Waals surface area contributed by atoms with Crippen molar-refractivity contribution < 1.29 is 47.8 Å². The molecule has 4 N–H and O–H groups in total. The van der Waals surface area contributed by atoms with Crippen molar-refractivity contribution in [2.45, 2.75) is 243 Å². The molecule has 6 fully saturated rings. The van der Waals surface area contributed by atoms with E-state index in [2.05, 4.69) is 67.5 Å². The summed E-state index contributed by atoms with van der Waals surface area (Å²) in [6.07, 6.45) is 15.8. The lowest BCUT2D eigenvalue weighted by Gasteiger charge is -2.37. The Morgan fingerprint density at radius 2 is 0.856 bits per heavy atom. The largest absolute Gasteiger partial charge is 0.444 e. The Labute approximate surface area is 534 Å². The normalized spacial score (nSPS) is 25.2. The van der Waals surface area contributed by atoms with Gasteiger partial charge in [-0.25, -0.2) is 9.59 Å². The van der Waals surface area contributed by atoms with Crippen LogP contribution in [0.5, 0.6) is 0 Å². The number of hydrogen-bond donors (Lipinski definition) is 4. The fourth-order valence-corrected chi connectivity index (χ4v) is 16.0. The number of nitrogens with zero attached hydrogens (tertiary/aromatic N) is 6. The fourth-order valence-electron chi connectivity index (χ4n) is 16.0. The Morgan fingerprint density at radius 1 is 0.489 bits per heavy atom. The van der Waals surface area contributed by atoms with Crippen LogP contribution in [0.4, 0.5) is 21.0 Å². The first-order valence-electron chi connectivity index (χ1n) is 34.3. The summed E-state index contributed by atoms with van der Waals surface area (Å²) in [7, 11) is 3.06. The van der Waals surface area contributed by atoms with Crippen molar-refractivity contribution in [2.75, 3.05) is 63.2 Å². The van der Waals surface area contributed by atoms with Gasteiger partial charge in [0.1, 0.15) is 47.5 Å². The van der Waals surface area contributed by atoms with Crippen LogP contribution in [-0.2, 0) is 51.1 Å². The van der Waals surface area contributed by atoms with E-state index in [1.165, 1.54) is 46.4 Å². The summed E-state index contributed by atoms with van der Waals surface area (Å²) in [6, 6.07) is 8.01. The molecule has 10 rings (SSSR count). The quantitative estimate of drug-likeness (QED) is 0.124. The van der Waals surface area contributed by atoms with Crippen molar-refractivity contribution in [1.82, 2.24) is 40.9 Å². The second kappa shape index (κ2) is 28.1. The number of benzene rings is 2. The lowest BCUT2D eigenvalue weighted by molar-refractivity contribution is -0.143. The van der Waals surface area contributed by atoms with Gasteiger partial charge in [0.2, 0.25) is 35.4 Å². The van der Waals surface area contributed by atoms with Crippen LogP contribution >= 0.6 is 0 Å². The molecule has 2 aromatic carbocycles. The second-order valence-electron chi connectivity index (χ2n) is 29.6. The maximum Gasteiger partial charge on any atom is 0.410 e. The molecular weight excluding hydrogens is 1140 g/mol. The number of amides is 8. The molecule has 4 saturated heterocycles. The molecule has 0 unspecified atom stereocenters. The van der Waals surface area contributed by atoms with Crippen LogP contribution in [-0.4, -0.2) is 168 Å². The van der Waals surface area contributed by atoms with Crippen molar-refractivity contribution >= 4 is 59.0 Å². The monoisotopic (exact) mass is 1240 g/mol. The lowest BCUT2D eigenvalue weighted by atomic mass is 9.83. The Morgan fingerprint density at radius 3 is 1.21 bits per heavy atom. The van der Waals surface area contributed by atoms with Crippen molar-refractivity contribution in [3.8, 4) is 0 Å². The van der Waals surface area contributed by atoms with Crippen LogP contribution < -0.4 is 31.1 Å². The second-order valence-corrected chi connectivity index (χ2v) is 29.6. The van der Waals surface area contributed by atoms with Crippen molar-refractivity contribution in [2.24, 2.45) is 23.7 Å². The van der Waals surface area contributed by atoms with Crippen molar-refractivity contribution in [3.05, 3.63) is 58.7 Å². The molecule has 20 heteroatoms. The maximum atomic E-state index is 14.8. The Hall–Kier alpha value is -6.60. The number of likely N-dealkylation sites (tertiary alicyclic amines) is 2. The van der Waals surface area contributed by atoms with E-state index in [-0.39, 0.29) is 47.5 Å². The number of anilines is 2. The first-order valence-corrected chi connectivity index (χ1v) is 34.3. The van der Waals surface area contributed by atoms with Gasteiger partial charge in [-0.15, -0.1) is 0 Å². The number of likely N-dealkylation sites (N-methyl/N-ethyl adjacent to an activating group) is 2. The summed E-state index contributed by atoms with van der Waals surface area (Å²) in [6.45, 7) is 18.5. The molecule has 0 radical (unpaired) electrons. The number of carbonyl (C=O) groups excluding carboxylic acids is 8. The molecule has 90 heavy (non-hydrogen) atoms. The smallest absolute Gasteiger partial charge is 0.410 e. The van der Waals surface area contributed by atoms with E-state index >= 15 is 0 Å². The molecule has 4 heterocycles. The van der Waals surface area contributed by atoms with Crippen LogP contribution in [0.15, 0.2) is 36.4 Å². The summed E-state index contributed by atoms with van der Waals surface area (Å²) in [5.74, 6) is -0.844. The third kappa shape index (κ3) is 15.0. The van der Waals surface area contributed by atoms with Gasteiger partial charge in [0.25, 0.3) is 0 Å². The standard InChI is InChI=1S/C70H104N10O10/c1-43(75(9)67(87)89-69(3,4)5)61(81)73-59(45-23-13-11-14-24-45)65(85)79-37-21-35-57(79)63(83)71-53-31-17-29-51-49(53)27-19-33-55(51)77-39-47-41-78(42-48(47)40-77)56-34-20-28-50-52(56)30-18-32-54(50)72-64(84)58-36-22-38-80(58)66(86)60(46-25-15-12-16-26-46)74-62(82)44(2)76(10)68(88)90-70(6,7)8/h19-20,27-28,33-34,43-48,53-54,57-60H,11-18,21-26,29-32,35-42H2,1-10H3,(H,71,83)(H,72,84)(H,73,81)(H,74,82)/t43-,44-,47?,48?,53+,54+,57-,58-,59-,60-/m0/s1. The zero-order valence-electron chi connectivity index (χ0n) is 55.5. The van der Waals surface area contributed by atoms with E-state index in [9.17, 15) is 38.4 Å². The lowest BCUT2D eigenvalue weighted by Crippen LogP contribution is -2.59. The van der Waals surface area contributed by atoms with Gasteiger partial charge in [0.05, 0.1) is 12.1 Å². The zero-order chi connectivity index (χ0) is 64.3. The molecule has 20 nitrogen and oxygen atoms in total. The Kier molecular flexibility index (Phi) is 20.7. The summed E-state index contributed by atoms with van der Waals surface area (Å²) in [5, 5.41) is 13.0. The molecule has 8 atom stereocenters. The molecule has 4 aliphatic heterocycles. The van der Waals surface area contributed by atoms with Crippen LogP contribution in [0, 0.1) is 23.7 Å². The first kappa shape index (κ1) is 66.3. The summed E-state index contributed by atoms with van der Waals surface area (Å²) < 4.78 is 11.1. The third-order valence-electron chi connectivity index (χ3n) is 21.1. The van der Waals surface area contributed by atoms with Gasteiger partial charge in [0.15, 0.2) is 0 Å². The van der Waals surface area contributed by atoms with Gasteiger partial charge in [-0.05, 0) is 192 Å². The minimum Gasteiger partial charge on any atom is -0.444 e. The predicted octanol–water partition coefficient (Wildman–Crippen LogP) is 8.87. The molecule has 2 aromatic rings. The highest BCUT2D eigenvalue weighted by molar-refractivity contribution is 5.96. The molecule has 8 aliphatic rings. The highest BCUT2D eigenvalue weighted by atomic mass is 16.6. The van der Waals surface area contributed by atoms with Crippen LogP contribution in [0.2, 0.25) is 0 Å². The Balaban J connectivity index is 0.758. The number of fused-ring (bicyclic) bond motifs is 3. The molecule has 8 amide bonds. The molecule has 0 spiro atoms. The highest BCUT2D eigenvalue weighted by Gasteiger charge is 2.47. The topological polar surface area (TPSA) is 223 Å². The molecule has 494 valence electrons. The zero-order valence-corrected chi connectivity index (χ0v) is 55.5. The SMILES string of the molecule is C[C@@H](C(=O)N[C@H](C(=O)N1CCC[C@H]1C(=O)N[C@@H]1CCCc2c1cccc2N1CC2CN(c3cccc4c3CCC[C@H]4NC(=O)[C@@H]3CCCN3C(=O)[C@@H](NC(=O)[C@H](C)N(C)C(=O)OC(C)(C)C)C3CCCCC3)CC2C1)C1CCCCC1)N(C)C(=O)OC(C)(C)C. The maximum absolute atomic E-state index is 14.8.